The number of aryl methyl sites for hydroxylation is 2. The van der Waals surface area contributed by atoms with Crippen LogP contribution in [0.4, 0.5) is 0 Å². The lowest BCUT2D eigenvalue weighted by atomic mass is 10.1. The van der Waals surface area contributed by atoms with E-state index >= 15 is 0 Å². The van der Waals surface area contributed by atoms with Gasteiger partial charge in [-0.15, -0.1) is 0 Å². The third-order valence-electron chi connectivity index (χ3n) is 4.13. The van der Waals surface area contributed by atoms with Crippen molar-refractivity contribution >= 4 is 10.0 Å². The molecule has 8 heteroatoms. The smallest absolute Gasteiger partial charge is 0.244 e. The molecule has 1 aromatic heterocycles. The zero-order chi connectivity index (χ0) is 16.6. The van der Waals surface area contributed by atoms with Crippen LogP contribution in [0.25, 0.3) is 5.69 Å². The van der Waals surface area contributed by atoms with Crippen molar-refractivity contribution in [3.8, 4) is 5.69 Å². The van der Waals surface area contributed by atoms with Crippen LogP contribution in [0.2, 0.25) is 0 Å². The highest BCUT2D eigenvalue weighted by Gasteiger charge is 2.28. The van der Waals surface area contributed by atoms with E-state index in [4.69, 9.17) is 0 Å². The summed E-state index contributed by atoms with van der Waals surface area (Å²) in [6.07, 6.45) is 2.13. The van der Waals surface area contributed by atoms with Crippen LogP contribution in [0, 0.1) is 13.8 Å². The van der Waals surface area contributed by atoms with Crippen LogP contribution in [0.3, 0.4) is 0 Å². The Kier molecular flexibility index (Phi) is 4.11. The largest absolute Gasteiger partial charge is 0.364 e. The predicted molar refractivity (Wildman–Crippen MR) is 87.3 cm³/mol. The molecule has 1 fully saturated rings. The molecule has 1 aliphatic heterocycles. The number of benzene rings is 1. The fourth-order valence-electron chi connectivity index (χ4n) is 2.84. The first-order chi connectivity index (χ1) is 10.9. The van der Waals surface area contributed by atoms with Crippen LogP contribution in [0.15, 0.2) is 29.3 Å². The Labute approximate surface area is 135 Å². The number of rotatable bonds is 4. The molecule has 1 aliphatic rings. The first kappa shape index (κ1) is 15.9. The summed E-state index contributed by atoms with van der Waals surface area (Å²) in [6, 6.07) is 5.99. The minimum absolute atomic E-state index is 0.193. The van der Waals surface area contributed by atoms with E-state index < -0.39 is 10.0 Å². The van der Waals surface area contributed by atoms with Crippen LogP contribution in [0.1, 0.15) is 17.5 Å². The SMILES string of the molecule is Cc1ccc(C)c(-n2cnc(=O)n2CCN2CCCS2(=O)=O)c1. The van der Waals surface area contributed by atoms with Crippen LogP contribution in [0.5, 0.6) is 0 Å². The summed E-state index contributed by atoms with van der Waals surface area (Å²) in [7, 11) is -3.16. The van der Waals surface area contributed by atoms with Crippen molar-refractivity contribution in [3.05, 3.63) is 46.1 Å². The molecule has 1 saturated heterocycles. The zero-order valence-electron chi connectivity index (χ0n) is 13.3. The third-order valence-corrected chi connectivity index (χ3v) is 6.09. The van der Waals surface area contributed by atoms with Crippen molar-refractivity contribution in [3.63, 3.8) is 0 Å². The van der Waals surface area contributed by atoms with E-state index in [1.54, 1.807) is 4.68 Å². The van der Waals surface area contributed by atoms with Gasteiger partial charge in [0.15, 0.2) is 0 Å². The molecule has 2 aromatic rings. The van der Waals surface area contributed by atoms with Crippen molar-refractivity contribution in [2.75, 3.05) is 18.8 Å². The van der Waals surface area contributed by atoms with E-state index in [1.807, 2.05) is 32.0 Å². The monoisotopic (exact) mass is 336 g/mol. The van der Waals surface area contributed by atoms with Crippen LogP contribution >= 0.6 is 0 Å². The molecule has 0 spiro atoms. The van der Waals surface area contributed by atoms with Gasteiger partial charge < -0.3 is 0 Å². The van der Waals surface area contributed by atoms with Gasteiger partial charge in [-0.2, -0.15) is 4.98 Å². The lowest BCUT2D eigenvalue weighted by Crippen LogP contribution is -2.33. The molecule has 0 aliphatic carbocycles. The van der Waals surface area contributed by atoms with Gasteiger partial charge in [-0.3, -0.25) is 0 Å². The lowest BCUT2D eigenvalue weighted by molar-refractivity contribution is 0.393. The minimum Gasteiger partial charge on any atom is -0.244 e. The molecule has 3 rings (SSSR count). The molecule has 1 aromatic carbocycles. The van der Waals surface area contributed by atoms with E-state index in [2.05, 4.69) is 4.98 Å². The first-order valence-corrected chi connectivity index (χ1v) is 9.19. The average molecular weight is 336 g/mol. The molecule has 23 heavy (non-hydrogen) atoms. The van der Waals surface area contributed by atoms with E-state index in [0.717, 1.165) is 16.8 Å². The number of hydrogen-bond donors (Lipinski definition) is 0. The summed E-state index contributed by atoms with van der Waals surface area (Å²) in [5, 5.41) is 0. The summed E-state index contributed by atoms with van der Waals surface area (Å²) in [5.74, 6) is 0.193. The highest BCUT2D eigenvalue weighted by Crippen LogP contribution is 2.16. The zero-order valence-corrected chi connectivity index (χ0v) is 14.1. The van der Waals surface area contributed by atoms with Crippen LogP contribution in [-0.2, 0) is 16.6 Å². The second-order valence-electron chi connectivity index (χ2n) is 5.85. The number of aromatic nitrogens is 3. The fourth-order valence-corrected chi connectivity index (χ4v) is 4.35. The van der Waals surface area contributed by atoms with Crippen LogP contribution in [-0.4, -0.2) is 45.9 Å². The van der Waals surface area contributed by atoms with Gasteiger partial charge >= 0.3 is 5.69 Å². The van der Waals surface area contributed by atoms with Gasteiger partial charge in [0.2, 0.25) is 10.0 Å². The van der Waals surface area contributed by atoms with E-state index in [0.29, 0.717) is 19.5 Å². The van der Waals surface area contributed by atoms with E-state index in [1.165, 1.54) is 15.3 Å². The maximum atomic E-state index is 12.0. The second kappa shape index (κ2) is 5.93. The maximum absolute atomic E-state index is 12.0. The van der Waals surface area contributed by atoms with Crippen molar-refractivity contribution in [2.24, 2.45) is 0 Å². The lowest BCUT2D eigenvalue weighted by Gasteiger charge is -2.17. The van der Waals surface area contributed by atoms with Crippen molar-refractivity contribution in [1.82, 2.24) is 18.7 Å². The van der Waals surface area contributed by atoms with Crippen LogP contribution < -0.4 is 5.69 Å². The standard InChI is InChI=1S/C15H20N4O3S/c1-12-4-5-13(2)14(10-12)19-11-16-15(20)18(19)8-7-17-6-3-9-23(17,21)22/h4-5,10-11H,3,6-9H2,1-2H3. The van der Waals surface area contributed by atoms with E-state index in [-0.39, 0.29) is 18.0 Å². The summed E-state index contributed by atoms with van der Waals surface area (Å²) < 4.78 is 28.4. The van der Waals surface area contributed by atoms with Crippen molar-refractivity contribution < 1.29 is 8.42 Å². The Morgan fingerprint density at radius 2 is 2.00 bits per heavy atom. The van der Waals surface area contributed by atoms with Crippen molar-refractivity contribution in [2.45, 2.75) is 26.8 Å². The maximum Gasteiger partial charge on any atom is 0.364 e. The number of sulfonamides is 1. The molecule has 0 atom stereocenters. The molecule has 0 amide bonds. The number of nitrogens with zero attached hydrogens (tertiary/aromatic N) is 4. The van der Waals surface area contributed by atoms with E-state index in [9.17, 15) is 13.2 Å². The molecular formula is C15H20N4O3S. The van der Waals surface area contributed by atoms with Gasteiger partial charge in [0.05, 0.1) is 18.0 Å². The van der Waals surface area contributed by atoms with Gasteiger partial charge in [-0.1, -0.05) is 12.1 Å². The third kappa shape index (κ3) is 3.09. The quantitative estimate of drug-likeness (QED) is 0.823. The molecule has 7 nitrogen and oxygen atoms in total. The van der Waals surface area contributed by atoms with Gasteiger partial charge in [0.1, 0.15) is 6.33 Å². The topological polar surface area (TPSA) is 77.2 Å². The Bertz CT molecular complexity index is 882. The van der Waals surface area contributed by atoms with Gasteiger partial charge in [-0.25, -0.2) is 26.9 Å². The van der Waals surface area contributed by atoms with Gasteiger partial charge in [-0.05, 0) is 37.5 Å². The summed E-state index contributed by atoms with van der Waals surface area (Å²) in [4.78, 5) is 15.9. The van der Waals surface area contributed by atoms with Gasteiger partial charge in [0, 0.05) is 13.1 Å². The average Bonchev–Trinajstić information content (AvgIpc) is 3.02. The normalized spacial score (nSPS) is 17.7. The molecule has 0 N–H and O–H groups in total. The van der Waals surface area contributed by atoms with Crippen molar-refractivity contribution in [1.29, 1.82) is 0 Å². The summed E-state index contributed by atoms with van der Waals surface area (Å²) in [5.41, 5.74) is 2.61. The Hall–Kier alpha value is -1.93. The van der Waals surface area contributed by atoms with Gasteiger partial charge in [0.25, 0.3) is 0 Å². The summed E-state index contributed by atoms with van der Waals surface area (Å²) in [6.45, 7) is 5.05. The highest BCUT2D eigenvalue weighted by molar-refractivity contribution is 7.89. The molecule has 0 saturated carbocycles. The minimum atomic E-state index is -3.16. The Morgan fingerprint density at radius 3 is 2.70 bits per heavy atom. The fraction of sp³-hybridized carbons (Fsp3) is 0.467. The second-order valence-corrected chi connectivity index (χ2v) is 7.94. The molecular weight excluding hydrogens is 316 g/mol. The molecule has 0 unspecified atom stereocenters. The molecule has 0 radical (unpaired) electrons. The Balaban J connectivity index is 1.91. The summed E-state index contributed by atoms with van der Waals surface area (Å²) >= 11 is 0. The Morgan fingerprint density at radius 1 is 1.22 bits per heavy atom. The highest BCUT2D eigenvalue weighted by atomic mass is 32.2. The molecule has 124 valence electrons. The molecule has 2 heterocycles. The number of hydrogen-bond acceptors (Lipinski definition) is 4. The first-order valence-electron chi connectivity index (χ1n) is 7.58. The molecule has 0 bridgehead atoms. The predicted octanol–water partition coefficient (Wildman–Crippen LogP) is 0.686.